The third-order valence-electron chi connectivity index (χ3n) is 5.90. The van der Waals surface area contributed by atoms with E-state index in [0.717, 1.165) is 19.0 Å². The van der Waals surface area contributed by atoms with Gasteiger partial charge >= 0.3 is 0 Å². The summed E-state index contributed by atoms with van der Waals surface area (Å²) >= 11 is 0. The molecule has 0 aromatic rings. The van der Waals surface area contributed by atoms with E-state index in [0.29, 0.717) is 11.5 Å². The fourth-order valence-corrected chi connectivity index (χ4v) is 4.23. The van der Waals surface area contributed by atoms with Crippen LogP contribution in [0.15, 0.2) is 0 Å². The van der Waals surface area contributed by atoms with Gasteiger partial charge in [-0.15, -0.1) is 0 Å². The average molecular weight is 282 g/mol. The summed E-state index contributed by atoms with van der Waals surface area (Å²) in [6, 6.07) is 0. The van der Waals surface area contributed by atoms with Gasteiger partial charge in [0.15, 0.2) is 0 Å². The molecule has 2 aliphatic rings. The molecular weight excluding hydrogens is 248 g/mol. The standard InChI is InChI=1S/C17H34N2O/c1-16(2,3)14-7-9-17(13-18,10-8-14)19-11-5-6-15(12-19)20-4/h14-15H,5-13,18H2,1-4H3. The number of hydrogen-bond acceptors (Lipinski definition) is 3. The minimum atomic E-state index is 0.249. The second kappa shape index (κ2) is 6.33. The van der Waals surface area contributed by atoms with Gasteiger partial charge in [-0.1, -0.05) is 20.8 Å². The molecule has 1 saturated carbocycles. The summed E-state index contributed by atoms with van der Waals surface area (Å²) in [5, 5.41) is 0. The lowest BCUT2D eigenvalue weighted by Gasteiger charge is -2.51. The van der Waals surface area contributed by atoms with Crippen LogP contribution in [0.5, 0.6) is 0 Å². The molecule has 1 atom stereocenters. The first-order valence-electron chi connectivity index (χ1n) is 8.39. The van der Waals surface area contributed by atoms with E-state index in [-0.39, 0.29) is 5.54 Å². The van der Waals surface area contributed by atoms with Crippen LogP contribution in [0.3, 0.4) is 0 Å². The van der Waals surface area contributed by atoms with Crippen LogP contribution >= 0.6 is 0 Å². The van der Waals surface area contributed by atoms with Gasteiger partial charge in [-0.3, -0.25) is 4.90 Å². The van der Waals surface area contributed by atoms with Crippen molar-refractivity contribution in [1.82, 2.24) is 4.90 Å². The topological polar surface area (TPSA) is 38.5 Å². The molecule has 3 nitrogen and oxygen atoms in total. The van der Waals surface area contributed by atoms with E-state index in [2.05, 4.69) is 25.7 Å². The number of nitrogens with two attached hydrogens (primary N) is 1. The summed E-state index contributed by atoms with van der Waals surface area (Å²) in [6.45, 7) is 10.2. The molecule has 2 N–H and O–H groups in total. The highest BCUT2D eigenvalue weighted by Crippen LogP contribution is 2.44. The van der Waals surface area contributed by atoms with Gasteiger partial charge in [0.1, 0.15) is 0 Å². The Morgan fingerprint density at radius 2 is 1.85 bits per heavy atom. The van der Waals surface area contributed by atoms with E-state index < -0.39 is 0 Å². The van der Waals surface area contributed by atoms with Crippen molar-refractivity contribution < 1.29 is 4.74 Å². The van der Waals surface area contributed by atoms with Crippen molar-refractivity contribution in [3.63, 3.8) is 0 Å². The van der Waals surface area contributed by atoms with Crippen LogP contribution in [-0.2, 0) is 4.74 Å². The van der Waals surface area contributed by atoms with Crippen LogP contribution in [0.2, 0.25) is 0 Å². The lowest BCUT2D eigenvalue weighted by Crippen LogP contribution is -2.59. The highest BCUT2D eigenvalue weighted by molar-refractivity contribution is 4.99. The van der Waals surface area contributed by atoms with E-state index in [1.165, 1.54) is 45.1 Å². The highest BCUT2D eigenvalue weighted by Gasteiger charge is 2.43. The van der Waals surface area contributed by atoms with Crippen molar-refractivity contribution in [3.8, 4) is 0 Å². The van der Waals surface area contributed by atoms with Crippen LogP contribution in [0.4, 0.5) is 0 Å². The monoisotopic (exact) mass is 282 g/mol. The molecule has 3 heteroatoms. The van der Waals surface area contributed by atoms with Crippen LogP contribution in [0.1, 0.15) is 59.3 Å². The Bertz CT molecular complexity index is 303. The van der Waals surface area contributed by atoms with Crippen LogP contribution in [0, 0.1) is 11.3 Å². The van der Waals surface area contributed by atoms with Gasteiger partial charge in [-0.05, 0) is 56.4 Å². The first-order valence-corrected chi connectivity index (χ1v) is 8.39. The van der Waals surface area contributed by atoms with Gasteiger partial charge in [0.05, 0.1) is 6.10 Å². The minimum Gasteiger partial charge on any atom is -0.380 e. The quantitative estimate of drug-likeness (QED) is 0.864. The third-order valence-corrected chi connectivity index (χ3v) is 5.90. The van der Waals surface area contributed by atoms with Crippen molar-refractivity contribution in [1.29, 1.82) is 0 Å². The number of rotatable bonds is 3. The van der Waals surface area contributed by atoms with Gasteiger partial charge in [-0.2, -0.15) is 0 Å². The lowest BCUT2D eigenvalue weighted by atomic mass is 9.66. The molecule has 0 aromatic carbocycles. The smallest absolute Gasteiger partial charge is 0.0698 e. The molecule has 0 aromatic heterocycles. The molecular formula is C17H34N2O. The van der Waals surface area contributed by atoms with Gasteiger partial charge in [0, 0.05) is 25.7 Å². The van der Waals surface area contributed by atoms with Crippen molar-refractivity contribution in [2.45, 2.75) is 70.9 Å². The van der Waals surface area contributed by atoms with Crippen molar-refractivity contribution in [2.24, 2.45) is 17.1 Å². The number of methoxy groups -OCH3 is 1. The number of ether oxygens (including phenoxy) is 1. The van der Waals surface area contributed by atoms with Crippen molar-refractivity contribution in [3.05, 3.63) is 0 Å². The molecule has 2 rings (SSSR count). The van der Waals surface area contributed by atoms with Gasteiger partial charge < -0.3 is 10.5 Å². The highest BCUT2D eigenvalue weighted by atomic mass is 16.5. The van der Waals surface area contributed by atoms with Crippen LogP contribution < -0.4 is 5.73 Å². The summed E-state index contributed by atoms with van der Waals surface area (Å²) in [7, 11) is 1.85. The molecule has 0 bridgehead atoms. The van der Waals surface area contributed by atoms with Gasteiger partial charge in [-0.25, -0.2) is 0 Å². The zero-order valence-corrected chi connectivity index (χ0v) is 14.0. The number of hydrogen-bond donors (Lipinski definition) is 1. The van der Waals surface area contributed by atoms with Gasteiger partial charge in [0.2, 0.25) is 0 Å². The molecule has 0 radical (unpaired) electrons. The largest absolute Gasteiger partial charge is 0.380 e. The second-order valence-corrected chi connectivity index (χ2v) is 8.01. The van der Waals surface area contributed by atoms with E-state index in [4.69, 9.17) is 10.5 Å². The average Bonchev–Trinajstić information content (AvgIpc) is 2.46. The SMILES string of the molecule is COC1CCCN(C2(CN)CCC(C(C)(C)C)CC2)C1. The van der Waals surface area contributed by atoms with E-state index >= 15 is 0 Å². The molecule has 0 amide bonds. The summed E-state index contributed by atoms with van der Waals surface area (Å²) in [4.78, 5) is 2.66. The molecule has 20 heavy (non-hydrogen) atoms. The summed E-state index contributed by atoms with van der Waals surface area (Å²) in [6.07, 6.45) is 8.06. The molecule has 118 valence electrons. The predicted molar refractivity (Wildman–Crippen MR) is 84.8 cm³/mol. The molecule has 1 aliphatic heterocycles. The summed E-state index contributed by atoms with van der Waals surface area (Å²) in [5.41, 5.74) is 6.92. The van der Waals surface area contributed by atoms with E-state index in [1.54, 1.807) is 0 Å². The zero-order chi connectivity index (χ0) is 14.8. The van der Waals surface area contributed by atoms with Crippen molar-refractivity contribution in [2.75, 3.05) is 26.7 Å². The molecule has 1 saturated heterocycles. The first kappa shape index (κ1) is 16.3. The molecule has 0 spiro atoms. The maximum absolute atomic E-state index is 6.23. The Balaban J connectivity index is 2.01. The normalized spacial score (nSPS) is 37.0. The maximum atomic E-state index is 6.23. The Kier molecular flexibility index (Phi) is 5.14. The zero-order valence-electron chi connectivity index (χ0n) is 14.0. The Morgan fingerprint density at radius 1 is 1.20 bits per heavy atom. The molecule has 2 fully saturated rings. The third kappa shape index (κ3) is 3.37. The van der Waals surface area contributed by atoms with Crippen molar-refractivity contribution >= 4 is 0 Å². The van der Waals surface area contributed by atoms with E-state index in [9.17, 15) is 0 Å². The summed E-state index contributed by atoms with van der Waals surface area (Å²) < 4.78 is 5.59. The number of piperidine rings is 1. The number of nitrogens with zero attached hydrogens (tertiary/aromatic N) is 1. The molecule has 1 aliphatic carbocycles. The lowest BCUT2D eigenvalue weighted by molar-refractivity contribution is -0.0420. The second-order valence-electron chi connectivity index (χ2n) is 8.01. The Morgan fingerprint density at radius 3 is 2.35 bits per heavy atom. The fourth-order valence-electron chi connectivity index (χ4n) is 4.23. The predicted octanol–water partition coefficient (Wildman–Crippen LogP) is 3.03. The Hall–Kier alpha value is -0.120. The van der Waals surface area contributed by atoms with Crippen LogP contribution in [-0.4, -0.2) is 43.3 Å². The maximum Gasteiger partial charge on any atom is 0.0698 e. The van der Waals surface area contributed by atoms with Crippen LogP contribution in [0.25, 0.3) is 0 Å². The number of likely N-dealkylation sites (tertiary alicyclic amines) is 1. The Labute approximate surface area is 125 Å². The summed E-state index contributed by atoms with van der Waals surface area (Å²) in [5.74, 6) is 0.852. The van der Waals surface area contributed by atoms with Gasteiger partial charge in [0.25, 0.3) is 0 Å². The fraction of sp³-hybridized carbons (Fsp3) is 1.00. The molecule has 1 unspecified atom stereocenters. The molecule has 1 heterocycles. The van der Waals surface area contributed by atoms with E-state index in [1.807, 2.05) is 7.11 Å². The first-order chi connectivity index (χ1) is 9.41. The minimum absolute atomic E-state index is 0.249.